The van der Waals surface area contributed by atoms with Crippen LogP contribution in [0.5, 0.6) is 0 Å². The minimum absolute atomic E-state index is 0.0237. The lowest BCUT2D eigenvalue weighted by Gasteiger charge is -2.07. The number of benzene rings is 1. The first kappa shape index (κ1) is 13.5. The van der Waals surface area contributed by atoms with Crippen molar-refractivity contribution in [3.8, 4) is 11.3 Å². The van der Waals surface area contributed by atoms with E-state index in [1.54, 1.807) is 31.6 Å². The molecule has 0 aliphatic heterocycles. The molecule has 3 aromatic rings. The Morgan fingerprint density at radius 1 is 1.43 bits per heavy atom. The Morgan fingerprint density at radius 2 is 2.24 bits per heavy atom. The molecule has 0 aliphatic rings. The highest BCUT2D eigenvalue weighted by Gasteiger charge is 2.16. The lowest BCUT2D eigenvalue weighted by Crippen LogP contribution is -1.98. The van der Waals surface area contributed by atoms with Crippen molar-refractivity contribution < 1.29 is 4.92 Å². The Morgan fingerprint density at radius 3 is 2.95 bits per heavy atom. The van der Waals surface area contributed by atoms with Gasteiger partial charge in [0.15, 0.2) is 5.65 Å². The van der Waals surface area contributed by atoms with Crippen LogP contribution in [0, 0.1) is 10.1 Å². The molecule has 0 atom stereocenters. The second-order valence-electron chi connectivity index (χ2n) is 4.31. The number of imidazole rings is 1. The van der Waals surface area contributed by atoms with E-state index in [9.17, 15) is 10.1 Å². The van der Waals surface area contributed by atoms with Crippen molar-refractivity contribution in [3.05, 3.63) is 51.5 Å². The number of nitrogens with one attached hydrogen (secondary N) is 1. The fraction of sp³-hybridized carbons (Fsp3) is 0.0769. The summed E-state index contributed by atoms with van der Waals surface area (Å²) in [6.07, 6.45) is 5.29. The first-order chi connectivity index (χ1) is 10.1. The third-order valence-corrected chi connectivity index (χ3v) is 3.46. The number of aromatic nitrogens is 3. The summed E-state index contributed by atoms with van der Waals surface area (Å²) < 4.78 is 2.50. The third-order valence-electron chi connectivity index (χ3n) is 3.08. The van der Waals surface area contributed by atoms with Crippen molar-refractivity contribution in [2.45, 2.75) is 0 Å². The maximum Gasteiger partial charge on any atom is 0.292 e. The molecule has 0 spiro atoms. The Labute approximate surface area is 127 Å². The molecule has 21 heavy (non-hydrogen) atoms. The standard InChI is InChI=1S/C13H10BrN5O2/c1-15-9-6-8(2-3-10(9)19(20)21)12-13-16-4-5-18(13)7-11(14)17-12/h2-7,15H,1H3. The zero-order valence-corrected chi connectivity index (χ0v) is 12.5. The van der Waals surface area contributed by atoms with Gasteiger partial charge < -0.3 is 9.72 Å². The molecule has 0 radical (unpaired) electrons. The summed E-state index contributed by atoms with van der Waals surface area (Å²) in [5.74, 6) is 0. The van der Waals surface area contributed by atoms with Gasteiger partial charge in [-0.1, -0.05) is 0 Å². The molecule has 0 saturated heterocycles. The third kappa shape index (κ3) is 2.33. The normalized spacial score (nSPS) is 10.8. The van der Waals surface area contributed by atoms with Crippen LogP contribution >= 0.6 is 15.9 Å². The van der Waals surface area contributed by atoms with Crippen LogP contribution in [0.2, 0.25) is 0 Å². The number of nitro groups is 1. The molecule has 106 valence electrons. The van der Waals surface area contributed by atoms with Crippen LogP contribution in [0.1, 0.15) is 0 Å². The molecule has 0 saturated carbocycles. The predicted octanol–water partition coefficient (Wildman–Crippen LogP) is 3.11. The van der Waals surface area contributed by atoms with E-state index in [0.29, 0.717) is 21.6 Å². The summed E-state index contributed by atoms with van der Waals surface area (Å²) in [6.45, 7) is 0. The number of halogens is 1. The summed E-state index contributed by atoms with van der Waals surface area (Å²) >= 11 is 3.35. The molecule has 1 aromatic carbocycles. The summed E-state index contributed by atoms with van der Waals surface area (Å²) in [7, 11) is 1.64. The molecule has 1 N–H and O–H groups in total. The second-order valence-corrected chi connectivity index (χ2v) is 5.12. The first-order valence-corrected chi connectivity index (χ1v) is 6.85. The number of anilines is 1. The van der Waals surface area contributed by atoms with Crippen LogP contribution in [-0.2, 0) is 0 Å². The summed E-state index contributed by atoms with van der Waals surface area (Å²) in [5.41, 5.74) is 2.55. The molecule has 7 nitrogen and oxygen atoms in total. The zero-order chi connectivity index (χ0) is 15.0. The largest absolute Gasteiger partial charge is 0.383 e. The molecule has 0 unspecified atom stereocenters. The van der Waals surface area contributed by atoms with Gasteiger partial charge in [0.1, 0.15) is 16.0 Å². The van der Waals surface area contributed by atoms with E-state index in [4.69, 9.17) is 0 Å². The Balaban J connectivity index is 2.23. The molecule has 0 aliphatic carbocycles. The van der Waals surface area contributed by atoms with E-state index < -0.39 is 4.92 Å². The number of fused-ring (bicyclic) bond motifs is 1. The van der Waals surface area contributed by atoms with Gasteiger partial charge in [-0.15, -0.1) is 0 Å². The predicted molar refractivity (Wildman–Crippen MR) is 82.3 cm³/mol. The molecule has 0 amide bonds. The molecule has 8 heteroatoms. The number of hydrogen-bond acceptors (Lipinski definition) is 5. The molecule has 2 heterocycles. The van der Waals surface area contributed by atoms with Crippen LogP contribution < -0.4 is 5.32 Å². The molecule has 0 fully saturated rings. The van der Waals surface area contributed by atoms with Crippen LogP contribution in [-0.4, -0.2) is 26.3 Å². The molecular formula is C13H10BrN5O2. The SMILES string of the molecule is CNc1cc(-c2nc(Br)cn3ccnc23)ccc1[N+](=O)[O-]. The lowest BCUT2D eigenvalue weighted by atomic mass is 10.1. The van der Waals surface area contributed by atoms with E-state index in [1.807, 2.05) is 10.6 Å². The lowest BCUT2D eigenvalue weighted by molar-refractivity contribution is -0.383. The number of nitro benzene ring substituents is 1. The number of rotatable bonds is 3. The van der Waals surface area contributed by atoms with Crippen molar-refractivity contribution in [1.82, 2.24) is 14.4 Å². The first-order valence-electron chi connectivity index (χ1n) is 6.06. The van der Waals surface area contributed by atoms with Gasteiger partial charge in [-0.25, -0.2) is 9.97 Å². The Hall–Kier alpha value is -2.48. The average molecular weight is 348 g/mol. The van der Waals surface area contributed by atoms with Gasteiger partial charge in [0.25, 0.3) is 5.69 Å². The second kappa shape index (κ2) is 5.13. The minimum atomic E-state index is -0.422. The summed E-state index contributed by atoms with van der Waals surface area (Å²) in [5, 5.41) is 13.8. The fourth-order valence-electron chi connectivity index (χ4n) is 2.14. The average Bonchev–Trinajstić information content (AvgIpc) is 2.93. The quantitative estimate of drug-likeness (QED) is 0.581. The highest BCUT2D eigenvalue weighted by Crippen LogP contribution is 2.31. The van der Waals surface area contributed by atoms with Crippen LogP contribution in [0.25, 0.3) is 16.9 Å². The fourth-order valence-corrected chi connectivity index (χ4v) is 2.54. The van der Waals surface area contributed by atoms with E-state index >= 15 is 0 Å². The molecule has 3 rings (SSSR count). The van der Waals surface area contributed by atoms with Gasteiger partial charge in [-0.05, 0) is 28.1 Å². The summed E-state index contributed by atoms with van der Waals surface area (Å²) in [6, 6.07) is 4.83. The van der Waals surface area contributed by atoms with Gasteiger partial charge in [0.2, 0.25) is 0 Å². The van der Waals surface area contributed by atoms with Gasteiger partial charge in [0, 0.05) is 37.3 Å². The van der Waals surface area contributed by atoms with Crippen molar-refractivity contribution in [2.75, 3.05) is 12.4 Å². The summed E-state index contributed by atoms with van der Waals surface area (Å²) in [4.78, 5) is 19.3. The molecular weight excluding hydrogens is 338 g/mol. The monoisotopic (exact) mass is 347 g/mol. The zero-order valence-electron chi connectivity index (χ0n) is 10.9. The van der Waals surface area contributed by atoms with Crippen molar-refractivity contribution in [2.24, 2.45) is 0 Å². The maximum absolute atomic E-state index is 11.0. The van der Waals surface area contributed by atoms with Crippen molar-refractivity contribution in [1.29, 1.82) is 0 Å². The maximum atomic E-state index is 11.0. The van der Waals surface area contributed by atoms with E-state index in [2.05, 4.69) is 31.2 Å². The van der Waals surface area contributed by atoms with Gasteiger partial charge in [0.05, 0.1) is 4.92 Å². The van der Waals surface area contributed by atoms with Gasteiger partial charge in [-0.2, -0.15) is 0 Å². The number of hydrogen-bond donors (Lipinski definition) is 1. The van der Waals surface area contributed by atoms with E-state index in [0.717, 1.165) is 5.56 Å². The highest BCUT2D eigenvalue weighted by molar-refractivity contribution is 9.10. The highest BCUT2D eigenvalue weighted by atomic mass is 79.9. The van der Waals surface area contributed by atoms with E-state index in [1.165, 1.54) is 6.07 Å². The van der Waals surface area contributed by atoms with Crippen molar-refractivity contribution >= 4 is 33.0 Å². The van der Waals surface area contributed by atoms with Gasteiger partial charge >= 0.3 is 0 Å². The van der Waals surface area contributed by atoms with E-state index in [-0.39, 0.29) is 5.69 Å². The number of nitrogens with zero attached hydrogens (tertiary/aromatic N) is 4. The van der Waals surface area contributed by atoms with Crippen molar-refractivity contribution in [3.63, 3.8) is 0 Å². The van der Waals surface area contributed by atoms with Crippen LogP contribution in [0.3, 0.4) is 0 Å². The molecule has 0 bridgehead atoms. The Bertz CT molecular complexity index is 846. The minimum Gasteiger partial charge on any atom is -0.383 e. The van der Waals surface area contributed by atoms with Crippen LogP contribution in [0.15, 0.2) is 41.4 Å². The Kier molecular flexibility index (Phi) is 3.30. The topological polar surface area (TPSA) is 85.4 Å². The molecule has 2 aromatic heterocycles. The van der Waals surface area contributed by atoms with Gasteiger partial charge in [-0.3, -0.25) is 10.1 Å². The van der Waals surface area contributed by atoms with Crippen LogP contribution in [0.4, 0.5) is 11.4 Å². The smallest absolute Gasteiger partial charge is 0.292 e.